The van der Waals surface area contributed by atoms with Crippen LogP contribution in [0.25, 0.3) is 21.5 Å². The van der Waals surface area contributed by atoms with E-state index in [0.717, 1.165) is 22.5 Å². The summed E-state index contributed by atoms with van der Waals surface area (Å²) in [5.41, 5.74) is 5.72. The van der Waals surface area contributed by atoms with Crippen LogP contribution in [0.3, 0.4) is 0 Å². The number of amides is 2. The number of aliphatic hydroxyl groups is 2. The monoisotopic (exact) mass is 881 g/mol. The number of aromatic hydroxyl groups is 2. The number of phenols is 2. The van der Waals surface area contributed by atoms with Crippen LogP contribution in [-0.2, 0) is 19.7 Å². The summed E-state index contributed by atoms with van der Waals surface area (Å²) in [6.07, 6.45) is 0. The number of primary amides is 1. The van der Waals surface area contributed by atoms with Crippen molar-refractivity contribution in [1.29, 1.82) is 0 Å². The van der Waals surface area contributed by atoms with Crippen molar-refractivity contribution in [2.24, 2.45) is 41.5 Å². The molecular weight excluding hydrogens is 850 g/mol. The Morgan fingerprint density at radius 3 is 1.95 bits per heavy atom. The SMILES string of the molecule is NC(=O)C1=NN(c2ccc(S(=O)(=O)O)cc2)C(=O)C1/N=N/c1ccc2c(O)c(/N=N/c3cc(OCCO)c(/N=N/c4cccc5cccc(O)c45)cc3OCCO)ccc2c1Cl. The maximum atomic E-state index is 13.3. The number of carbonyl (C=O) groups excluding carboxylic acids is 2. The third-order valence-electron chi connectivity index (χ3n) is 9.02. The van der Waals surface area contributed by atoms with Gasteiger partial charge >= 0.3 is 0 Å². The van der Waals surface area contributed by atoms with Crippen LogP contribution in [0.5, 0.6) is 23.0 Å². The molecule has 6 aromatic rings. The predicted octanol–water partition coefficient (Wildman–Crippen LogP) is 7.22. The van der Waals surface area contributed by atoms with Gasteiger partial charge in [-0.2, -0.15) is 28.8 Å². The number of azo groups is 3. The van der Waals surface area contributed by atoms with Crippen LogP contribution in [-0.4, -0.2) is 83.4 Å². The average molecular weight is 882 g/mol. The highest BCUT2D eigenvalue weighted by molar-refractivity contribution is 7.85. The van der Waals surface area contributed by atoms with E-state index in [2.05, 4.69) is 35.8 Å². The first-order valence-corrected chi connectivity index (χ1v) is 19.9. The summed E-state index contributed by atoms with van der Waals surface area (Å²) in [5, 5.41) is 72.6. The maximum Gasteiger partial charge on any atom is 0.294 e. The zero-order chi connectivity index (χ0) is 44.1. The van der Waals surface area contributed by atoms with Gasteiger partial charge in [0.2, 0.25) is 6.04 Å². The number of anilines is 1. The fourth-order valence-corrected chi connectivity index (χ4v) is 6.87. The maximum absolute atomic E-state index is 13.3. The summed E-state index contributed by atoms with van der Waals surface area (Å²) in [5.74, 6) is -2.00. The van der Waals surface area contributed by atoms with Crippen LogP contribution in [0.1, 0.15) is 0 Å². The van der Waals surface area contributed by atoms with Gasteiger partial charge in [-0.05, 0) is 60.0 Å². The number of carbonyl (C=O) groups is 2. The Bertz CT molecular complexity index is 2980. The summed E-state index contributed by atoms with van der Waals surface area (Å²) < 4.78 is 43.6. The highest BCUT2D eigenvalue weighted by Crippen LogP contribution is 2.45. The molecule has 22 heteroatoms. The number of hydrogen-bond acceptors (Lipinski definition) is 17. The first-order chi connectivity index (χ1) is 29.8. The van der Waals surface area contributed by atoms with E-state index in [4.69, 9.17) is 26.8 Å². The predicted molar refractivity (Wildman–Crippen MR) is 225 cm³/mol. The van der Waals surface area contributed by atoms with Crippen molar-refractivity contribution in [1.82, 2.24) is 0 Å². The molecule has 0 saturated heterocycles. The summed E-state index contributed by atoms with van der Waals surface area (Å²) in [4.78, 5) is 25.1. The lowest BCUT2D eigenvalue weighted by molar-refractivity contribution is -0.118. The molecule has 7 N–H and O–H groups in total. The average Bonchev–Trinajstić information content (AvgIpc) is 3.59. The number of fused-ring (bicyclic) bond motifs is 2. The second-order valence-electron chi connectivity index (χ2n) is 13.0. The van der Waals surface area contributed by atoms with Gasteiger partial charge in [0, 0.05) is 22.9 Å². The normalized spacial score (nSPS) is 14.5. The molecule has 0 spiro atoms. The number of hydrogen-bond donors (Lipinski definition) is 6. The number of phenolic OH excluding ortho intramolecular Hbond substituents is 2. The molecule has 1 aliphatic rings. The van der Waals surface area contributed by atoms with Gasteiger partial charge in [-0.3, -0.25) is 14.1 Å². The zero-order valence-corrected chi connectivity index (χ0v) is 33.3. The van der Waals surface area contributed by atoms with E-state index in [9.17, 15) is 43.0 Å². The lowest BCUT2D eigenvalue weighted by Crippen LogP contribution is -2.35. The molecule has 0 aliphatic carbocycles. The summed E-state index contributed by atoms with van der Waals surface area (Å²) in [7, 11) is -4.51. The van der Waals surface area contributed by atoms with Crippen molar-refractivity contribution in [2.45, 2.75) is 10.9 Å². The zero-order valence-electron chi connectivity index (χ0n) is 31.8. The van der Waals surface area contributed by atoms with Gasteiger partial charge in [-0.1, -0.05) is 41.9 Å². The van der Waals surface area contributed by atoms with Gasteiger partial charge in [0.25, 0.3) is 21.9 Å². The van der Waals surface area contributed by atoms with E-state index in [1.54, 1.807) is 18.2 Å². The molecule has 0 bridgehead atoms. The highest BCUT2D eigenvalue weighted by atomic mass is 35.5. The van der Waals surface area contributed by atoms with E-state index in [1.165, 1.54) is 54.6 Å². The first kappa shape index (κ1) is 42.7. The van der Waals surface area contributed by atoms with Crippen LogP contribution in [0.2, 0.25) is 5.02 Å². The summed E-state index contributed by atoms with van der Waals surface area (Å²) >= 11 is 6.68. The largest absolute Gasteiger partial charge is 0.507 e. The summed E-state index contributed by atoms with van der Waals surface area (Å²) in [6.45, 7) is -0.928. The third-order valence-corrected chi connectivity index (χ3v) is 10.3. The van der Waals surface area contributed by atoms with E-state index >= 15 is 0 Å². The van der Waals surface area contributed by atoms with Crippen LogP contribution in [0, 0.1) is 0 Å². The van der Waals surface area contributed by atoms with Crippen molar-refractivity contribution >= 4 is 94.9 Å². The number of ether oxygens (including phenoxy) is 2. The Hall–Kier alpha value is -7.43. The fourth-order valence-electron chi connectivity index (χ4n) is 6.12. The van der Waals surface area contributed by atoms with Crippen LogP contribution >= 0.6 is 11.6 Å². The van der Waals surface area contributed by atoms with Crippen LogP contribution < -0.4 is 20.2 Å². The Morgan fingerprint density at radius 2 is 1.34 bits per heavy atom. The minimum atomic E-state index is -4.51. The topological polar surface area (TPSA) is 304 Å². The van der Waals surface area contributed by atoms with Gasteiger partial charge in [0.05, 0.1) is 39.9 Å². The molecule has 1 atom stereocenters. The van der Waals surface area contributed by atoms with Crippen molar-refractivity contribution in [3.63, 3.8) is 0 Å². The number of halogens is 1. The van der Waals surface area contributed by atoms with Gasteiger partial charge in [-0.15, -0.1) is 20.5 Å². The molecule has 1 unspecified atom stereocenters. The Morgan fingerprint density at radius 1 is 0.758 bits per heavy atom. The molecule has 1 aliphatic heterocycles. The molecule has 0 saturated carbocycles. The van der Waals surface area contributed by atoms with Crippen LogP contribution in [0.4, 0.5) is 34.1 Å². The molecule has 316 valence electrons. The lowest BCUT2D eigenvalue weighted by Gasteiger charge is -2.13. The van der Waals surface area contributed by atoms with Gasteiger partial charge in [-0.25, -0.2) is 0 Å². The number of nitrogens with two attached hydrogens (primary N) is 1. The van der Waals surface area contributed by atoms with E-state index in [1.807, 2.05) is 12.1 Å². The van der Waals surface area contributed by atoms with E-state index in [0.29, 0.717) is 16.5 Å². The Labute approximate surface area is 355 Å². The molecule has 2 amide bonds. The second kappa shape index (κ2) is 18.0. The Kier molecular flexibility index (Phi) is 12.4. The van der Waals surface area contributed by atoms with E-state index < -0.39 is 38.6 Å². The standard InChI is InChI=1S/C40H32ClN9O11S/c41-35-24-11-14-28(38(54)25(24)12-13-27(35)44-48-37-36(39(42)55)49-50(40(37)56)22-7-9-23(10-8-22)62(57,58)59)45-47-30-20-32(60-17-15-51)29(19-33(30)61-18-16-52)46-43-26-5-1-3-21-4-2-6-31(53)34(21)26/h1-14,19-20,37,51-54H,15-18H2,(H2,42,55)(H,57,58,59)/b46-43+,47-45+,48-44+. The second-order valence-corrected chi connectivity index (χ2v) is 14.8. The van der Waals surface area contributed by atoms with Crippen LogP contribution in [0.15, 0.2) is 138 Å². The van der Waals surface area contributed by atoms with Crippen molar-refractivity contribution < 1.29 is 52.5 Å². The quantitative estimate of drug-likeness (QED) is 0.0442. The molecule has 1 heterocycles. The smallest absolute Gasteiger partial charge is 0.294 e. The minimum Gasteiger partial charge on any atom is -0.507 e. The van der Waals surface area contributed by atoms with E-state index in [-0.39, 0.29) is 88.3 Å². The van der Waals surface area contributed by atoms with Gasteiger partial charge < -0.3 is 35.6 Å². The van der Waals surface area contributed by atoms with Crippen molar-refractivity contribution in [3.8, 4) is 23.0 Å². The molecule has 6 aromatic carbocycles. The number of hydrazone groups is 1. The molecule has 20 nitrogen and oxygen atoms in total. The number of aliphatic hydroxyl groups excluding tert-OH is 2. The molecule has 0 radical (unpaired) electrons. The highest BCUT2D eigenvalue weighted by Gasteiger charge is 2.40. The van der Waals surface area contributed by atoms with Gasteiger partial charge in [0.15, 0.2) is 11.5 Å². The van der Waals surface area contributed by atoms with Crippen molar-refractivity contribution in [2.75, 3.05) is 31.4 Å². The fraction of sp³-hybridized carbons (Fsp3) is 0.125. The molecule has 7 rings (SSSR count). The number of nitrogens with zero attached hydrogens (tertiary/aromatic N) is 8. The summed E-state index contributed by atoms with van der Waals surface area (Å²) in [6, 6.07) is 21.8. The molecular formula is C40H32ClN9O11S. The van der Waals surface area contributed by atoms with Crippen molar-refractivity contribution in [3.05, 3.63) is 102 Å². The first-order valence-electron chi connectivity index (χ1n) is 18.1. The Balaban J connectivity index is 1.17. The minimum absolute atomic E-state index is 0.000430. The molecule has 0 aromatic heterocycles. The molecule has 0 fully saturated rings. The lowest BCUT2D eigenvalue weighted by atomic mass is 10.1. The third kappa shape index (κ3) is 8.87. The molecule has 62 heavy (non-hydrogen) atoms. The van der Waals surface area contributed by atoms with Gasteiger partial charge in [0.1, 0.15) is 53.2 Å². The number of benzene rings is 6. The number of rotatable bonds is 15.